The lowest BCUT2D eigenvalue weighted by molar-refractivity contribution is 0.0607. The van der Waals surface area contributed by atoms with Gasteiger partial charge in [-0.3, -0.25) is 4.79 Å². The quantitative estimate of drug-likeness (QED) is 0.825. The van der Waals surface area contributed by atoms with E-state index in [1.807, 2.05) is 17.9 Å². The highest BCUT2D eigenvalue weighted by molar-refractivity contribution is 7.14. The molecule has 0 saturated carbocycles. The molecular formula is C18H22N2O2S. The van der Waals surface area contributed by atoms with Gasteiger partial charge in [0.05, 0.1) is 10.9 Å². The van der Waals surface area contributed by atoms with Crippen molar-refractivity contribution in [3.05, 3.63) is 38.9 Å². The fourth-order valence-electron chi connectivity index (χ4n) is 3.76. The van der Waals surface area contributed by atoms with Gasteiger partial charge in [-0.15, -0.1) is 11.3 Å². The molecule has 2 aromatic heterocycles. The first kappa shape index (κ1) is 14.9. The zero-order valence-corrected chi connectivity index (χ0v) is 14.3. The molecule has 0 N–H and O–H groups in total. The number of aryl methyl sites for hydroxylation is 3. The van der Waals surface area contributed by atoms with Crippen molar-refractivity contribution in [2.75, 3.05) is 6.54 Å². The van der Waals surface area contributed by atoms with E-state index < -0.39 is 0 Å². The Balaban J connectivity index is 1.61. The third-order valence-electron chi connectivity index (χ3n) is 4.96. The molecule has 1 saturated heterocycles. The Kier molecular flexibility index (Phi) is 3.97. The molecule has 4 nitrogen and oxygen atoms in total. The number of carbonyl (C=O) groups excluding carboxylic acids is 1. The number of likely N-dealkylation sites (tertiary alicyclic amines) is 1. The second-order valence-corrected chi connectivity index (χ2v) is 7.78. The van der Waals surface area contributed by atoms with Crippen LogP contribution in [-0.4, -0.2) is 22.5 Å². The molecule has 0 spiro atoms. The summed E-state index contributed by atoms with van der Waals surface area (Å²) in [5.41, 5.74) is 2.30. The van der Waals surface area contributed by atoms with Gasteiger partial charge in [-0.05, 0) is 63.5 Å². The van der Waals surface area contributed by atoms with Crippen molar-refractivity contribution >= 4 is 17.2 Å². The number of amides is 1. The van der Waals surface area contributed by atoms with Gasteiger partial charge in [0, 0.05) is 17.5 Å². The molecule has 1 aliphatic heterocycles. The Morgan fingerprint density at radius 2 is 2.13 bits per heavy atom. The maximum atomic E-state index is 13.1. The molecule has 3 heterocycles. The molecule has 0 aromatic carbocycles. The van der Waals surface area contributed by atoms with Crippen molar-refractivity contribution in [3.8, 4) is 0 Å². The van der Waals surface area contributed by atoms with Gasteiger partial charge >= 0.3 is 0 Å². The van der Waals surface area contributed by atoms with Crippen LogP contribution in [0.2, 0.25) is 0 Å². The SMILES string of the molecule is Cc1cc(C2CCCCN2C(=O)c2cc3c(s2)CCCC3)no1. The van der Waals surface area contributed by atoms with Crippen LogP contribution >= 0.6 is 11.3 Å². The molecule has 1 unspecified atom stereocenters. The Morgan fingerprint density at radius 3 is 2.91 bits per heavy atom. The highest BCUT2D eigenvalue weighted by Gasteiger charge is 2.32. The first-order valence-corrected chi connectivity index (χ1v) is 9.40. The Hall–Kier alpha value is -1.62. The minimum atomic E-state index is 0.0628. The molecular weight excluding hydrogens is 308 g/mol. The van der Waals surface area contributed by atoms with Crippen LogP contribution in [0.15, 0.2) is 16.7 Å². The van der Waals surface area contributed by atoms with Gasteiger partial charge in [0.15, 0.2) is 0 Å². The van der Waals surface area contributed by atoms with Crippen LogP contribution in [0.5, 0.6) is 0 Å². The average molecular weight is 330 g/mol. The number of carbonyl (C=O) groups is 1. The van der Waals surface area contributed by atoms with Gasteiger partial charge in [0.1, 0.15) is 11.5 Å². The summed E-state index contributed by atoms with van der Waals surface area (Å²) in [4.78, 5) is 17.4. The molecule has 1 aliphatic carbocycles. The van der Waals surface area contributed by atoms with E-state index in [4.69, 9.17) is 4.52 Å². The molecule has 4 rings (SSSR count). The third kappa shape index (κ3) is 2.82. The number of hydrogen-bond donors (Lipinski definition) is 0. The van der Waals surface area contributed by atoms with Gasteiger partial charge < -0.3 is 9.42 Å². The molecule has 1 atom stereocenters. The van der Waals surface area contributed by atoms with Crippen molar-refractivity contribution in [3.63, 3.8) is 0 Å². The van der Waals surface area contributed by atoms with Crippen molar-refractivity contribution in [1.82, 2.24) is 10.1 Å². The van der Waals surface area contributed by atoms with Gasteiger partial charge in [-0.1, -0.05) is 5.16 Å². The fraction of sp³-hybridized carbons (Fsp3) is 0.556. The molecule has 122 valence electrons. The summed E-state index contributed by atoms with van der Waals surface area (Å²) in [6.45, 7) is 2.72. The molecule has 1 amide bonds. The normalized spacial score (nSPS) is 21.3. The van der Waals surface area contributed by atoms with Crippen LogP contribution < -0.4 is 0 Å². The largest absolute Gasteiger partial charge is 0.361 e. The van der Waals surface area contributed by atoms with E-state index in [-0.39, 0.29) is 11.9 Å². The third-order valence-corrected chi connectivity index (χ3v) is 6.18. The molecule has 0 radical (unpaired) electrons. The number of aromatic nitrogens is 1. The average Bonchev–Trinajstić information content (AvgIpc) is 3.20. The van der Waals surface area contributed by atoms with Crippen LogP contribution in [0.3, 0.4) is 0 Å². The van der Waals surface area contributed by atoms with Crippen LogP contribution in [0.25, 0.3) is 0 Å². The second-order valence-electron chi connectivity index (χ2n) is 6.64. The molecule has 5 heteroatoms. The molecule has 0 bridgehead atoms. The number of hydrogen-bond acceptors (Lipinski definition) is 4. The van der Waals surface area contributed by atoms with Gasteiger partial charge in [0.25, 0.3) is 5.91 Å². The van der Waals surface area contributed by atoms with Crippen molar-refractivity contribution in [2.45, 2.75) is 57.9 Å². The Bertz CT molecular complexity index is 695. The monoisotopic (exact) mass is 330 g/mol. The minimum absolute atomic E-state index is 0.0628. The van der Waals surface area contributed by atoms with Crippen molar-refractivity contribution in [2.24, 2.45) is 0 Å². The molecule has 2 aliphatic rings. The number of piperidine rings is 1. The number of thiophene rings is 1. The van der Waals surface area contributed by atoms with E-state index >= 15 is 0 Å². The number of rotatable bonds is 2. The summed E-state index contributed by atoms with van der Waals surface area (Å²) in [7, 11) is 0. The summed E-state index contributed by atoms with van der Waals surface area (Å²) in [5.74, 6) is 0.985. The van der Waals surface area contributed by atoms with Gasteiger partial charge in [-0.25, -0.2) is 0 Å². The zero-order chi connectivity index (χ0) is 15.8. The lowest BCUT2D eigenvalue weighted by Crippen LogP contribution is -2.38. The lowest BCUT2D eigenvalue weighted by atomic mass is 9.98. The molecule has 1 fully saturated rings. The summed E-state index contributed by atoms with van der Waals surface area (Å²) < 4.78 is 5.23. The fourth-order valence-corrected chi connectivity index (χ4v) is 4.97. The van der Waals surface area contributed by atoms with Gasteiger partial charge in [0.2, 0.25) is 0 Å². The number of fused-ring (bicyclic) bond motifs is 1. The maximum absolute atomic E-state index is 13.1. The highest BCUT2D eigenvalue weighted by Crippen LogP contribution is 2.35. The maximum Gasteiger partial charge on any atom is 0.264 e. The van der Waals surface area contributed by atoms with E-state index in [0.717, 1.165) is 55.0 Å². The van der Waals surface area contributed by atoms with Gasteiger partial charge in [-0.2, -0.15) is 0 Å². The van der Waals surface area contributed by atoms with E-state index in [9.17, 15) is 4.79 Å². The summed E-state index contributed by atoms with van der Waals surface area (Å²) in [6.07, 6.45) is 7.96. The molecule has 23 heavy (non-hydrogen) atoms. The predicted molar refractivity (Wildman–Crippen MR) is 89.8 cm³/mol. The summed E-state index contributed by atoms with van der Waals surface area (Å²) in [5, 5.41) is 4.17. The van der Waals surface area contributed by atoms with Crippen LogP contribution in [-0.2, 0) is 12.8 Å². The van der Waals surface area contributed by atoms with Crippen LogP contribution in [0.4, 0.5) is 0 Å². The van der Waals surface area contributed by atoms with Crippen LogP contribution in [0.1, 0.15) is 69.7 Å². The van der Waals surface area contributed by atoms with E-state index in [0.29, 0.717) is 0 Å². The first-order valence-electron chi connectivity index (χ1n) is 8.58. The Morgan fingerprint density at radius 1 is 1.26 bits per heavy atom. The first-order chi connectivity index (χ1) is 11.2. The summed E-state index contributed by atoms with van der Waals surface area (Å²) in [6, 6.07) is 4.17. The Labute approximate surface area is 140 Å². The van der Waals surface area contributed by atoms with Crippen molar-refractivity contribution < 1.29 is 9.32 Å². The number of nitrogens with zero attached hydrogens (tertiary/aromatic N) is 2. The standard InChI is InChI=1S/C18H22N2O2S/c1-12-10-14(19-22-12)15-7-4-5-9-20(15)18(21)17-11-13-6-2-3-8-16(13)23-17/h10-11,15H,2-9H2,1H3. The minimum Gasteiger partial charge on any atom is -0.361 e. The smallest absolute Gasteiger partial charge is 0.264 e. The topological polar surface area (TPSA) is 46.3 Å². The zero-order valence-electron chi connectivity index (χ0n) is 13.5. The highest BCUT2D eigenvalue weighted by atomic mass is 32.1. The molecule has 2 aromatic rings. The van der Waals surface area contributed by atoms with Crippen molar-refractivity contribution in [1.29, 1.82) is 0 Å². The van der Waals surface area contributed by atoms with E-state index in [1.54, 1.807) is 11.3 Å². The van der Waals surface area contributed by atoms with E-state index in [2.05, 4.69) is 11.2 Å². The van der Waals surface area contributed by atoms with E-state index in [1.165, 1.54) is 23.3 Å². The lowest BCUT2D eigenvalue weighted by Gasteiger charge is -2.34. The summed E-state index contributed by atoms with van der Waals surface area (Å²) >= 11 is 1.70. The second kappa shape index (κ2) is 6.11. The predicted octanol–water partition coefficient (Wildman–Crippen LogP) is 4.29. The van der Waals surface area contributed by atoms with Crippen LogP contribution in [0, 0.1) is 6.92 Å².